The van der Waals surface area contributed by atoms with E-state index in [0.29, 0.717) is 27.9 Å². The van der Waals surface area contributed by atoms with E-state index < -0.39 is 5.60 Å². The normalized spacial score (nSPS) is 12.0. The van der Waals surface area contributed by atoms with Crippen molar-refractivity contribution in [1.29, 1.82) is 0 Å². The van der Waals surface area contributed by atoms with E-state index >= 15 is 0 Å². The standard InChI is InChI=1S/C21H24N6O2S/c1-21(2,29)11-27-16(10-28)25-18-19(27)17-15(24-20(18)22)8-13(9-23-17)12-5-4-6-14(7-12)26-30-3/h4-9,26,28-29H,10-11H2,1-3H3,(H2,22,24). The third-order valence-electron chi connectivity index (χ3n) is 4.72. The zero-order valence-corrected chi connectivity index (χ0v) is 17.9. The number of fused-ring (bicyclic) bond motifs is 3. The van der Waals surface area contributed by atoms with E-state index in [1.54, 1.807) is 24.6 Å². The number of imidazole rings is 1. The highest BCUT2D eigenvalue weighted by Gasteiger charge is 2.23. The van der Waals surface area contributed by atoms with E-state index in [9.17, 15) is 10.2 Å². The monoisotopic (exact) mass is 424 g/mol. The Bertz CT molecular complexity index is 1230. The molecule has 0 saturated carbocycles. The van der Waals surface area contributed by atoms with Crippen LogP contribution in [0.1, 0.15) is 19.7 Å². The number of aliphatic hydroxyl groups excluding tert-OH is 1. The first-order valence-electron chi connectivity index (χ1n) is 9.48. The van der Waals surface area contributed by atoms with Gasteiger partial charge < -0.3 is 25.2 Å². The molecule has 0 bridgehead atoms. The second-order valence-corrected chi connectivity index (χ2v) is 8.37. The zero-order chi connectivity index (χ0) is 21.5. The Labute approximate surface area is 178 Å². The molecular weight excluding hydrogens is 400 g/mol. The number of aliphatic hydroxyl groups is 2. The van der Waals surface area contributed by atoms with E-state index in [4.69, 9.17) is 5.73 Å². The summed E-state index contributed by atoms with van der Waals surface area (Å²) in [6.45, 7) is 3.37. The number of nitrogen functional groups attached to an aromatic ring is 1. The van der Waals surface area contributed by atoms with Gasteiger partial charge in [-0.05, 0) is 37.6 Å². The van der Waals surface area contributed by atoms with E-state index in [-0.39, 0.29) is 19.0 Å². The van der Waals surface area contributed by atoms with Gasteiger partial charge in [0.1, 0.15) is 29.0 Å². The molecule has 0 unspecified atom stereocenters. The summed E-state index contributed by atoms with van der Waals surface area (Å²) in [6.07, 6.45) is 3.76. The largest absolute Gasteiger partial charge is 0.389 e. The van der Waals surface area contributed by atoms with Gasteiger partial charge in [-0.2, -0.15) is 0 Å². The van der Waals surface area contributed by atoms with E-state index in [1.807, 2.05) is 36.6 Å². The van der Waals surface area contributed by atoms with E-state index in [0.717, 1.165) is 16.8 Å². The summed E-state index contributed by atoms with van der Waals surface area (Å²) < 4.78 is 5.00. The lowest BCUT2D eigenvalue weighted by Crippen LogP contribution is -2.27. The van der Waals surface area contributed by atoms with Gasteiger partial charge in [-0.15, -0.1) is 0 Å². The highest BCUT2D eigenvalue weighted by Crippen LogP contribution is 2.31. The second-order valence-electron chi connectivity index (χ2n) is 7.76. The third kappa shape index (κ3) is 3.79. The van der Waals surface area contributed by atoms with E-state index in [1.165, 1.54) is 11.9 Å². The van der Waals surface area contributed by atoms with Crippen molar-refractivity contribution in [1.82, 2.24) is 19.5 Å². The average Bonchev–Trinajstić information content (AvgIpc) is 3.06. The van der Waals surface area contributed by atoms with Crippen molar-refractivity contribution in [3.8, 4) is 11.1 Å². The number of hydrogen-bond acceptors (Lipinski definition) is 8. The molecule has 0 fully saturated rings. The number of hydrogen-bond donors (Lipinski definition) is 4. The molecule has 0 radical (unpaired) electrons. The number of pyridine rings is 2. The van der Waals surface area contributed by atoms with Gasteiger partial charge in [0, 0.05) is 23.7 Å². The Hall–Kier alpha value is -2.88. The molecule has 0 spiro atoms. The van der Waals surface area contributed by atoms with Gasteiger partial charge in [-0.25, -0.2) is 9.97 Å². The quantitative estimate of drug-likeness (QED) is 0.348. The van der Waals surface area contributed by atoms with Crippen LogP contribution in [-0.2, 0) is 13.2 Å². The maximum atomic E-state index is 10.4. The number of rotatable bonds is 6. The maximum absolute atomic E-state index is 10.4. The van der Waals surface area contributed by atoms with Crippen LogP contribution in [0.15, 0.2) is 36.5 Å². The first-order valence-corrected chi connectivity index (χ1v) is 10.7. The first kappa shape index (κ1) is 20.4. The number of anilines is 2. The van der Waals surface area contributed by atoms with Gasteiger partial charge in [-0.1, -0.05) is 24.1 Å². The van der Waals surface area contributed by atoms with Crippen LogP contribution in [0.5, 0.6) is 0 Å². The summed E-state index contributed by atoms with van der Waals surface area (Å²) in [5.41, 5.74) is 10.5. The molecule has 0 aliphatic carbocycles. The van der Waals surface area contributed by atoms with Gasteiger partial charge in [0.05, 0.1) is 17.7 Å². The molecule has 9 heteroatoms. The zero-order valence-electron chi connectivity index (χ0n) is 17.0. The average molecular weight is 425 g/mol. The second kappa shape index (κ2) is 7.75. The lowest BCUT2D eigenvalue weighted by molar-refractivity contribution is 0.0607. The topological polar surface area (TPSA) is 122 Å². The minimum Gasteiger partial charge on any atom is -0.389 e. The summed E-state index contributed by atoms with van der Waals surface area (Å²) in [4.78, 5) is 13.6. The van der Waals surface area contributed by atoms with Crippen LogP contribution in [0.2, 0.25) is 0 Å². The van der Waals surface area contributed by atoms with E-state index in [2.05, 4.69) is 19.7 Å². The minimum atomic E-state index is -1.01. The molecule has 4 rings (SSSR count). The van der Waals surface area contributed by atoms with Gasteiger partial charge >= 0.3 is 0 Å². The molecule has 0 aliphatic rings. The highest BCUT2D eigenvalue weighted by molar-refractivity contribution is 7.99. The van der Waals surface area contributed by atoms with Crippen molar-refractivity contribution >= 4 is 45.5 Å². The molecule has 0 atom stereocenters. The fourth-order valence-corrected chi connectivity index (χ4v) is 3.90. The molecule has 3 aromatic heterocycles. The number of nitrogens with one attached hydrogen (secondary N) is 1. The summed E-state index contributed by atoms with van der Waals surface area (Å²) in [6, 6.07) is 9.98. The summed E-state index contributed by atoms with van der Waals surface area (Å²) in [5.74, 6) is 0.674. The molecule has 4 aromatic rings. The van der Waals surface area contributed by atoms with Gasteiger partial charge in [0.15, 0.2) is 5.82 Å². The predicted octanol–water partition coefficient (Wildman–Crippen LogP) is 3.18. The van der Waals surface area contributed by atoms with Crippen molar-refractivity contribution in [3.05, 3.63) is 42.4 Å². The fourth-order valence-electron chi connectivity index (χ4n) is 3.54. The molecule has 5 N–H and O–H groups in total. The van der Waals surface area contributed by atoms with Gasteiger partial charge in [-0.3, -0.25) is 4.98 Å². The van der Waals surface area contributed by atoms with Gasteiger partial charge in [0.25, 0.3) is 0 Å². The Morgan fingerprint density at radius 3 is 2.67 bits per heavy atom. The molecule has 1 aromatic carbocycles. The first-order chi connectivity index (χ1) is 14.3. The van der Waals surface area contributed by atoms with Crippen molar-refractivity contribution < 1.29 is 10.2 Å². The molecule has 3 heterocycles. The maximum Gasteiger partial charge on any atom is 0.152 e. The molecule has 30 heavy (non-hydrogen) atoms. The molecule has 0 aliphatic heterocycles. The van der Waals surface area contributed by atoms with Crippen molar-refractivity contribution in [2.75, 3.05) is 16.7 Å². The molecular formula is C21H24N6O2S. The lowest BCUT2D eigenvalue weighted by Gasteiger charge is -2.20. The van der Waals surface area contributed by atoms with Gasteiger partial charge in [0.2, 0.25) is 0 Å². The molecule has 0 amide bonds. The van der Waals surface area contributed by atoms with Crippen LogP contribution in [0.25, 0.3) is 33.2 Å². The number of nitrogens with zero attached hydrogens (tertiary/aromatic N) is 4. The van der Waals surface area contributed by atoms with Crippen LogP contribution < -0.4 is 10.5 Å². The molecule has 0 saturated heterocycles. The number of aromatic nitrogens is 4. The number of nitrogens with two attached hydrogens (primary N) is 1. The Kier molecular flexibility index (Phi) is 5.27. The van der Waals surface area contributed by atoms with Crippen LogP contribution >= 0.6 is 11.9 Å². The third-order valence-corrected chi connectivity index (χ3v) is 5.16. The van der Waals surface area contributed by atoms with Crippen molar-refractivity contribution in [2.45, 2.75) is 32.6 Å². The Morgan fingerprint density at radius 1 is 1.17 bits per heavy atom. The lowest BCUT2D eigenvalue weighted by atomic mass is 10.1. The molecule has 8 nitrogen and oxygen atoms in total. The highest BCUT2D eigenvalue weighted by atomic mass is 32.2. The molecule has 156 valence electrons. The van der Waals surface area contributed by atoms with Crippen LogP contribution in [0.3, 0.4) is 0 Å². The Morgan fingerprint density at radius 2 is 1.97 bits per heavy atom. The van der Waals surface area contributed by atoms with Crippen molar-refractivity contribution in [3.63, 3.8) is 0 Å². The number of benzene rings is 1. The predicted molar refractivity (Wildman–Crippen MR) is 122 cm³/mol. The summed E-state index contributed by atoms with van der Waals surface area (Å²) >= 11 is 1.53. The van der Waals surface area contributed by atoms with Crippen LogP contribution in [0, 0.1) is 0 Å². The summed E-state index contributed by atoms with van der Waals surface area (Å²) in [7, 11) is 0. The fraction of sp³-hybridized carbons (Fsp3) is 0.286. The van der Waals surface area contributed by atoms with Crippen molar-refractivity contribution in [2.24, 2.45) is 0 Å². The van der Waals surface area contributed by atoms with Crippen LogP contribution in [-0.4, -0.2) is 41.6 Å². The SMILES string of the molecule is CSNc1cccc(-c2cnc3c(c2)nc(N)c2nc(CO)n(CC(C)(C)O)c23)c1. The smallest absolute Gasteiger partial charge is 0.152 e. The Balaban J connectivity index is 1.93. The summed E-state index contributed by atoms with van der Waals surface area (Å²) in [5, 5.41) is 20.2. The minimum absolute atomic E-state index is 0.240. The van der Waals surface area contributed by atoms with Crippen LogP contribution in [0.4, 0.5) is 11.5 Å².